The number of aromatic nitrogens is 2. The lowest BCUT2D eigenvalue weighted by Crippen LogP contribution is -2.53. The predicted molar refractivity (Wildman–Crippen MR) is 97.1 cm³/mol. The van der Waals surface area contributed by atoms with E-state index in [4.69, 9.17) is 5.73 Å². The van der Waals surface area contributed by atoms with Crippen molar-refractivity contribution >= 4 is 5.91 Å². The number of nitrogens with zero attached hydrogens (tertiary/aromatic N) is 2. The third-order valence-electron chi connectivity index (χ3n) is 5.81. The van der Waals surface area contributed by atoms with Crippen molar-refractivity contribution in [3.8, 4) is 0 Å². The average Bonchev–Trinajstić information content (AvgIpc) is 3.09. The molecule has 0 aliphatic heterocycles. The van der Waals surface area contributed by atoms with Gasteiger partial charge in [-0.25, -0.2) is 4.98 Å². The van der Waals surface area contributed by atoms with Crippen LogP contribution < -0.4 is 11.1 Å². The number of hydrogen-bond donors (Lipinski definition) is 2. The molecule has 2 atom stereocenters. The zero-order valence-electron chi connectivity index (χ0n) is 14.5. The topological polar surface area (TPSA) is 72.9 Å². The number of imidazole rings is 1. The number of carbonyl (C=O) groups excluding carboxylic acids is 1. The van der Waals surface area contributed by atoms with Gasteiger partial charge < -0.3 is 15.6 Å². The maximum Gasteiger partial charge on any atom is 0.251 e. The third-order valence-corrected chi connectivity index (χ3v) is 5.81. The van der Waals surface area contributed by atoms with Crippen LogP contribution in [0.5, 0.6) is 0 Å². The Bertz CT molecular complexity index is 696. The maximum absolute atomic E-state index is 12.7. The summed E-state index contributed by atoms with van der Waals surface area (Å²) in [7, 11) is 0. The molecule has 0 saturated heterocycles. The lowest BCUT2D eigenvalue weighted by molar-refractivity contribution is 0.0756. The summed E-state index contributed by atoms with van der Waals surface area (Å²) in [6.45, 7) is 0.770. The first-order chi connectivity index (χ1) is 12.2. The van der Waals surface area contributed by atoms with Crippen LogP contribution in [0.25, 0.3) is 0 Å². The van der Waals surface area contributed by atoms with Crippen LogP contribution in [-0.2, 0) is 6.54 Å². The Morgan fingerprint density at radius 1 is 1.20 bits per heavy atom. The molecule has 2 fully saturated rings. The van der Waals surface area contributed by atoms with E-state index in [2.05, 4.69) is 10.3 Å². The van der Waals surface area contributed by atoms with Crippen LogP contribution in [0, 0.1) is 11.8 Å². The van der Waals surface area contributed by atoms with E-state index in [1.165, 1.54) is 19.3 Å². The van der Waals surface area contributed by atoms with Crippen molar-refractivity contribution in [3.63, 3.8) is 0 Å². The molecule has 1 aromatic heterocycles. The summed E-state index contributed by atoms with van der Waals surface area (Å²) in [6, 6.07) is 8.49. The molecule has 4 rings (SSSR count). The second-order valence-electron chi connectivity index (χ2n) is 7.61. The van der Waals surface area contributed by atoms with E-state index in [-0.39, 0.29) is 5.91 Å². The minimum Gasteiger partial charge on any atom is -0.349 e. The number of hydrogen-bond acceptors (Lipinski definition) is 3. The molecule has 1 aromatic carbocycles. The molecule has 5 heteroatoms. The Kier molecular flexibility index (Phi) is 4.57. The molecular weight excluding hydrogens is 312 g/mol. The monoisotopic (exact) mass is 338 g/mol. The molecule has 2 unspecified atom stereocenters. The molecule has 1 amide bonds. The molecule has 2 saturated carbocycles. The van der Waals surface area contributed by atoms with Crippen LogP contribution >= 0.6 is 0 Å². The summed E-state index contributed by atoms with van der Waals surface area (Å²) in [6.07, 6.45) is 11.3. The van der Waals surface area contributed by atoms with E-state index in [1.807, 2.05) is 35.0 Å². The Hall–Kier alpha value is -2.14. The molecule has 1 heterocycles. The highest BCUT2D eigenvalue weighted by atomic mass is 16.1. The van der Waals surface area contributed by atoms with Gasteiger partial charge in [-0.15, -0.1) is 0 Å². The molecular formula is C20H26N4O. The fourth-order valence-corrected chi connectivity index (χ4v) is 4.61. The maximum atomic E-state index is 12.7. The number of carbonyl (C=O) groups is 1. The lowest BCUT2D eigenvalue weighted by atomic mass is 9.67. The lowest BCUT2D eigenvalue weighted by Gasteiger charge is -2.45. The van der Waals surface area contributed by atoms with Crippen LogP contribution in [0.3, 0.4) is 0 Å². The SMILES string of the molecule is NC1CC2CCCC(C1)C2NC(=O)c1ccc(Cn2ccnc2)cc1. The average molecular weight is 338 g/mol. The Labute approximate surface area is 148 Å². The van der Waals surface area contributed by atoms with Gasteiger partial charge in [0.25, 0.3) is 5.91 Å². The molecule has 5 nitrogen and oxygen atoms in total. The summed E-state index contributed by atoms with van der Waals surface area (Å²) < 4.78 is 2.02. The number of fused-ring (bicyclic) bond motifs is 2. The van der Waals surface area contributed by atoms with Gasteiger partial charge in [0.1, 0.15) is 0 Å². The van der Waals surface area contributed by atoms with E-state index < -0.39 is 0 Å². The van der Waals surface area contributed by atoms with E-state index >= 15 is 0 Å². The van der Waals surface area contributed by atoms with Gasteiger partial charge in [-0.3, -0.25) is 4.79 Å². The summed E-state index contributed by atoms with van der Waals surface area (Å²) in [5, 5.41) is 3.31. The van der Waals surface area contributed by atoms with Gasteiger partial charge in [-0.05, 0) is 55.2 Å². The van der Waals surface area contributed by atoms with Crippen LogP contribution in [0.4, 0.5) is 0 Å². The zero-order valence-corrected chi connectivity index (χ0v) is 14.5. The Morgan fingerprint density at radius 3 is 2.56 bits per heavy atom. The number of rotatable bonds is 4. The third kappa shape index (κ3) is 3.61. The van der Waals surface area contributed by atoms with Crippen LogP contribution in [0.1, 0.15) is 48.0 Å². The largest absolute Gasteiger partial charge is 0.349 e. The summed E-state index contributed by atoms with van der Waals surface area (Å²) in [5.74, 6) is 1.14. The van der Waals surface area contributed by atoms with Gasteiger partial charge in [-0.2, -0.15) is 0 Å². The van der Waals surface area contributed by atoms with Gasteiger partial charge >= 0.3 is 0 Å². The normalized spacial score (nSPS) is 28.5. The van der Waals surface area contributed by atoms with Crippen molar-refractivity contribution in [1.29, 1.82) is 0 Å². The first-order valence-corrected chi connectivity index (χ1v) is 9.30. The highest BCUT2D eigenvalue weighted by Crippen LogP contribution is 2.39. The second kappa shape index (κ2) is 7.00. The molecule has 2 aliphatic carbocycles. The molecule has 132 valence electrons. The molecule has 25 heavy (non-hydrogen) atoms. The van der Waals surface area contributed by atoms with Crippen molar-refractivity contribution in [1.82, 2.24) is 14.9 Å². The Balaban J connectivity index is 1.41. The molecule has 0 radical (unpaired) electrons. The minimum absolute atomic E-state index is 0.0477. The smallest absolute Gasteiger partial charge is 0.251 e. The van der Waals surface area contributed by atoms with E-state index in [1.54, 1.807) is 12.5 Å². The minimum atomic E-state index is 0.0477. The number of amides is 1. The van der Waals surface area contributed by atoms with E-state index in [0.717, 1.165) is 30.5 Å². The number of benzene rings is 1. The second-order valence-corrected chi connectivity index (χ2v) is 7.61. The van der Waals surface area contributed by atoms with Gasteiger partial charge in [0.05, 0.1) is 6.33 Å². The van der Waals surface area contributed by atoms with Crippen LogP contribution in [0.2, 0.25) is 0 Å². The van der Waals surface area contributed by atoms with Crippen molar-refractivity contribution in [2.24, 2.45) is 17.6 Å². The quantitative estimate of drug-likeness (QED) is 0.900. The number of nitrogens with two attached hydrogens (primary N) is 1. The van der Waals surface area contributed by atoms with Crippen molar-refractivity contribution in [2.75, 3.05) is 0 Å². The van der Waals surface area contributed by atoms with E-state index in [9.17, 15) is 4.79 Å². The van der Waals surface area contributed by atoms with E-state index in [0.29, 0.717) is 23.9 Å². The zero-order chi connectivity index (χ0) is 17.2. The first kappa shape index (κ1) is 16.3. The summed E-state index contributed by atoms with van der Waals surface area (Å²) in [4.78, 5) is 16.7. The summed E-state index contributed by atoms with van der Waals surface area (Å²) >= 11 is 0. The first-order valence-electron chi connectivity index (χ1n) is 9.30. The van der Waals surface area contributed by atoms with Crippen molar-refractivity contribution in [2.45, 2.75) is 50.7 Å². The molecule has 2 aromatic rings. The van der Waals surface area contributed by atoms with Crippen molar-refractivity contribution < 1.29 is 4.79 Å². The highest BCUT2D eigenvalue weighted by molar-refractivity contribution is 5.94. The fourth-order valence-electron chi connectivity index (χ4n) is 4.61. The van der Waals surface area contributed by atoms with Gasteiger partial charge in [0.2, 0.25) is 0 Å². The Morgan fingerprint density at radius 2 is 1.92 bits per heavy atom. The fraction of sp³-hybridized carbons (Fsp3) is 0.500. The predicted octanol–water partition coefficient (Wildman–Crippen LogP) is 2.57. The van der Waals surface area contributed by atoms with Gasteiger partial charge in [-0.1, -0.05) is 18.6 Å². The van der Waals surface area contributed by atoms with Crippen LogP contribution in [0.15, 0.2) is 43.0 Å². The van der Waals surface area contributed by atoms with Gasteiger partial charge in [0.15, 0.2) is 0 Å². The van der Waals surface area contributed by atoms with Crippen molar-refractivity contribution in [3.05, 3.63) is 54.1 Å². The standard InChI is InChI=1S/C20H26N4O/c21-18-10-16-2-1-3-17(11-18)19(16)23-20(25)15-6-4-14(5-7-15)12-24-9-8-22-13-24/h4-9,13,16-19H,1-3,10-12,21H2,(H,23,25). The molecule has 2 aliphatic rings. The highest BCUT2D eigenvalue weighted by Gasteiger charge is 2.39. The molecule has 2 bridgehead atoms. The summed E-state index contributed by atoms with van der Waals surface area (Å²) in [5.41, 5.74) is 8.08. The molecule has 0 spiro atoms. The number of nitrogens with one attached hydrogen (secondary N) is 1. The van der Waals surface area contributed by atoms with Gasteiger partial charge in [0, 0.05) is 36.6 Å². The molecule has 3 N–H and O–H groups in total. The van der Waals surface area contributed by atoms with Crippen LogP contribution in [-0.4, -0.2) is 27.5 Å².